The molecule has 0 spiro atoms. The molecule has 2 aromatic rings. The Morgan fingerprint density at radius 1 is 1.56 bits per heavy atom. The molecule has 7 heteroatoms. The molecular weight excluding hydrogens is 307 g/mol. The van der Waals surface area contributed by atoms with E-state index in [1.807, 2.05) is 0 Å². The van der Waals surface area contributed by atoms with Crippen LogP contribution in [0.4, 0.5) is 4.39 Å². The van der Waals surface area contributed by atoms with E-state index in [-0.39, 0.29) is 22.8 Å². The van der Waals surface area contributed by atoms with Crippen LogP contribution in [0.3, 0.4) is 0 Å². The third-order valence-corrected chi connectivity index (χ3v) is 2.87. The van der Waals surface area contributed by atoms with Gasteiger partial charge in [0.1, 0.15) is 5.82 Å². The van der Waals surface area contributed by atoms with Gasteiger partial charge in [0.2, 0.25) is 0 Å². The molecule has 0 saturated heterocycles. The monoisotopic (exact) mass is 314 g/mol. The van der Waals surface area contributed by atoms with Gasteiger partial charge in [0.15, 0.2) is 0 Å². The Hall–Kier alpha value is -1.76. The summed E-state index contributed by atoms with van der Waals surface area (Å²) >= 11 is 3.07. The number of hydrogen-bond acceptors (Lipinski definition) is 5. The third-order valence-electron chi connectivity index (χ3n) is 2.07. The molecule has 0 N–H and O–H groups in total. The van der Waals surface area contributed by atoms with Gasteiger partial charge >= 0.3 is 5.97 Å². The van der Waals surface area contributed by atoms with Crippen molar-refractivity contribution in [3.63, 3.8) is 0 Å². The summed E-state index contributed by atoms with van der Waals surface area (Å²) in [5.41, 5.74) is 0.373. The first kappa shape index (κ1) is 12.7. The van der Waals surface area contributed by atoms with Crippen molar-refractivity contribution >= 4 is 21.9 Å². The second-order valence-corrected chi connectivity index (χ2v) is 4.04. The Morgan fingerprint density at radius 3 is 3.06 bits per heavy atom. The molecule has 1 heterocycles. The second kappa shape index (κ2) is 5.26. The van der Waals surface area contributed by atoms with Crippen LogP contribution in [0.25, 0.3) is 11.5 Å². The summed E-state index contributed by atoms with van der Waals surface area (Å²) in [5, 5.41) is 3.48. The Bertz CT molecular complexity index is 585. The molecular formula is C11H8BrFN2O3. The maximum absolute atomic E-state index is 13.3. The molecule has 1 aromatic carbocycles. The van der Waals surface area contributed by atoms with Gasteiger partial charge in [-0.1, -0.05) is 6.07 Å². The van der Waals surface area contributed by atoms with Gasteiger partial charge in [-0.3, -0.25) is 0 Å². The smallest absolute Gasteiger partial charge is 0.379 e. The number of aromatic nitrogens is 2. The van der Waals surface area contributed by atoms with Gasteiger partial charge in [0.25, 0.3) is 11.7 Å². The number of rotatable bonds is 3. The van der Waals surface area contributed by atoms with Crippen molar-refractivity contribution in [2.75, 3.05) is 6.61 Å². The van der Waals surface area contributed by atoms with Crippen molar-refractivity contribution in [1.82, 2.24) is 10.1 Å². The lowest BCUT2D eigenvalue weighted by Gasteiger charge is -1.98. The zero-order valence-corrected chi connectivity index (χ0v) is 10.9. The van der Waals surface area contributed by atoms with Gasteiger partial charge in [-0.2, -0.15) is 4.98 Å². The molecule has 2 rings (SSSR count). The molecule has 0 unspecified atom stereocenters. The zero-order valence-electron chi connectivity index (χ0n) is 9.31. The lowest BCUT2D eigenvalue weighted by molar-refractivity contribution is 0.0508. The minimum atomic E-state index is -0.681. The van der Waals surface area contributed by atoms with E-state index in [0.29, 0.717) is 5.56 Å². The lowest BCUT2D eigenvalue weighted by atomic mass is 10.2. The highest BCUT2D eigenvalue weighted by atomic mass is 79.9. The van der Waals surface area contributed by atoms with Crippen molar-refractivity contribution in [3.05, 3.63) is 34.3 Å². The summed E-state index contributed by atoms with van der Waals surface area (Å²) in [5.74, 6) is -1.28. The molecule has 0 atom stereocenters. The first-order valence-electron chi connectivity index (χ1n) is 5.08. The predicted octanol–water partition coefficient (Wildman–Crippen LogP) is 2.81. The highest BCUT2D eigenvalue weighted by Crippen LogP contribution is 2.28. The van der Waals surface area contributed by atoms with Gasteiger partial charge < -0.3 is 9.26 Å². The van der Waals surface area contributed by atoms with Gasteiger partial charge in [-0.15, -0.1) is 0 Å². The van der Waals surface area contributed by atoms with Gasteiger partial charge in [0.05, 0.1) is 16.6 Å². The third kappa shape index (κ3) is 2.40. The van der Waals surface area contributed by atoms with E-state index in [4.69, 9.17) is 9.26 Å². The topological polar surface area (TPSA) is 65.2 Å². The van der Waals surface area contributed by atoms with E-state index in [1.165, 1.54) is 12.1 Å². The van der Waals surface area contributed by atoms with Crippen LogP contribution in [-0.2, 0) is 4.74 Å². The highest BCUT2D eigenvalue weighted by molar-refractivity contribution is 9.10. The number of halogens is 2. The number of carbonyl (C=O) groups is 1. The maximum Gasteiger partial charge on any atom is 0.379 e. The largest absolute Gasteiger partial charge is 0.460 e. The molecule has 94 valence electrons. The minimum Gasteiger partial charge on any atom is -0.460 e. The molecule has 0 saturated carbocycles. The quantitative estimate of drug-likeness (QED) is 0.815. The Balaban J connectivity index is 2.35. The molecule has 5 nitrogen and oxygen atoms in total. The SMILES string of the molecule is CCOC(=O)c1noc(-c2cccc(F)c2Br)n1. The van der Waals surface area contributed by atoms with E-state index in [0.717, 1.165) is 0 Å². The van der Waals surface area contributed by atoms with E-state index in [2.05, 4.69) is 26.1 Å². The maximum atomic E-state index is 13.3. The van der Waals surface area contributed by atoms with Crippen molar-refractivity contribution in [2.24, 2.45) is 0 Å². The van der Waals surface area contributed by atoms with E-state index < -0.39 is 11.8 Å². The molecule has 18 heavy (non-hydrogen) atoms. The van der Waals surface area contributed by atoms with Crippen LogP contribution in [0, 0.1) is 5.82 Å². The zero-order chi connectivity index (χ0) is 13.1. The van der Waals surface area contributed by atoms with Crippen molar-refractivity contribution in [1.29, 1.82) is 0 Å². The van der Waals surface area contributed by atoms with Crippen molar-refractivity contribution < 1.29 is 18.4 Å². The number of nitrogens with zero attached hydrogens (tertiary/aromatic N) is 2. The predicted molar refractivity (Wildman–Crippen MR) is 63.3 cm³/mol. The second-order valence-electron chi connectivity index (χ2n) is 3.24. The fourth-order valence-corrected chi connectivity index (χ4v) is 1.71. The molecule has 0 amide bonds. The summed E-state index contributed by atoms with van der Waals surface area (Å²) in [6.45, 7) is 1.88. The fraction of sp³-hybridized carbons (Fsp3) is 0.182. The summed E-state index contributed by atoms with van der Waals surface area (Å²) in [6.07, 6.45) is 0. The van der Waals surface area contributed by atoms with Crippen LogP contribution in [-0.4, -0.2) is 22.7 Å². The Labute approximate surface area is 110 Å². The molecule has 1 aromatic heterocycles. The molecule has 0 aliphatic rings. The van der Waals surface area contributed by atoms with Crippen LogP contribution in [0.15, 0.2) is 27.2 Å². The van der Waals surface area contributed by atoms with E-state index >= 15 is 0 Å². The summed E-state index contributed by atoms with van der Waals surface area (Å²) in [4.78, 5) is 15.2. The van der Waals surface area contributed by atoms with Gasteiger partial charge in [-0.25, -0.2) is 9.18 Å². The average Bonchev–Trinajstić information content (AvgIpc) is 2.82. The molecule has 0 fully saturated rings. The number of carbonyl (C=O) groups excluding carboxylic acids is 1. The Morgan fingerprint density at radius 2 is 2.33 bits per heavy atom. The van der Waals surface area contributed by atoms with Crippen molar-refractivity contribution in [3.8, 4) is 11.5 Å². The summed E-state index contributed by atoms with van der Waals surface area (Å²) in [6, 6.07) is 4.38. The van der Waals surface area contributed by atoms with Gasteiger partial charge in [-0.05, 0) is 40.1 Å². The van der Waals surface area contributed by atoms with Crippen molar-refractivity contribution in [2.45, 2.75) is 6.92 Å². The lowest BCUT2D eigenvalue weighted by Crippen LogP contribution is -2.06. The fourth-order valence-electron chi connectivity index (χ4n) is 1.28. The van der Waals surface area contributed by atoms with Crippen LogP contribution < -0.4 is 0 Å². The highest BCUT2D eigenvalue weighted by Gasteiger charge is 2.19. The molecule has 0 bridgehead atoms. The number of benzene rings is 1. The van der Waals surface area contributed by atoms with Crippen LogP contribution in [0.1, 0.15) is 17.5 Å². The molecule has 0 radical (unpaired) electrons. The first-order chi connectivity index (χ1) is 8.63. The number of hydrogen-bond donors (Lipinski definition) is 0. The normalized spacial score (nSPS) is 10.4. The standard InChI is InChI=1S/C11H8BrFN2O3/c1-2-17-11(16)9-14-10(18-15-9)6-4-3-5-7(13)8(6)12/h3-5H,2H2,1H3. The van der Waals surface area contributed by atoms with E-state index in [9.17, 15) is 9.18 Å². The summed E-state index contributed by atoms with van der Waals surface area (Å²) < 4.78 is 23.1. The number of esters is 1. The molecule has 0 aliphatic heterocycles. The summed E-state index contributed by atoms with van der Waals surface area (Å²) in [7, 11) is 0. The first-order valence-corrected chi connectivity index (χ1v) is 5.88. The van der Waals surface area contributed by atoms with Crippen LogP contribution in [0.5, 0.6) is 0 Å². The van der Waals surface area contributed by atoms with Gasteiger partial charge in [0, 0.05) is 0 Å². The van der Waals surface area contributed by atoms with Crippen LogP contribution in [0.2, 0.25) is 0 Å². The number of ether oxygens (including phenoxy) is 1. The van der Waals surface area contributed by atoms with Crippen LogP contribution >= 0.6 is 15.9 Å². The Kier molecular flexibility index (Phi) is 3.71. The minimum absolute atomic E-state index is 0.0458. The average molecular weight is 315 g/mol. The molecule has 0 aliphatic carbocycles. The van der Waals surface area contributed by atoms with E-state index in [1.54, 1.807) is 13.0 Å².